The molecule has 0 radical (unpaired) electrons. The molecule has 13 heteroatoms. The average Bonchev–Trinajstić information content (AvgIpc) is 1.58. The molecule has 0 unspecified atom stereocenters. The number of hydrogen-bond acceptors (Lipinski definition) is 10. The van der Waals surface area contributed by atoms with Crippen molar-refractivity contribution in [3.63, 3.8) is 0 Å². The van der Waals surface area contributed by atoms with E-state index >= 15 is 0 Å². The molecule has 19 aromatic carbocycles. The van der Waals surface area contributed by atoms with Crippen LogP contribution in [-0.2, 0) is 0 Å². The Bertz CT molecular complexity index is 9590. The van der Waals surface area contributed by atoms with Gasteiger partial charge in [-0.15, -0.1) is 0 Å². The van der Waals surface area contributed by atoms with E-state index in [0.717, 1.165) is 200 Å². The normalized spacial score (nSPS) is 11.6. The highest BCUT2D eigenvalue weighted by molar-refractivity contribution is 6.18. The molecule has 0 fully saturated rings. The van der Waals surface area contributed by atoms with Crippen molar-refractivity contribution >= 4 is 131 Å². The Balaban J connectivity index is 0.000000107. The highest BCUT2D eigenvalue weighted by atomic mass is 16.3. The van der Waals surface area contributed by atoms with Gasteiger partial charge < -0.3 is 27.0 Å². The number of rotatable bonds is 13. The third-order valence-electron chi connectivity index (χ3n) is 26.3. The number of para-hydroxylation sites is 10. The first-order chi connectivity index (χ1) is 68.4. The summed E-state index contributed by atoms with van der Waals surface area (Å²) in [7, 11) is 0. The Morgan fingerprint density at radius 1 is 0.152 bits per heavy atom. The molecule has 0 aliphatic rings. The van der Waals surface area contributed by atoms with E-state index in [1.165, 1.54) is 32.6 Å². The van der Waals surface area contributed by atoms with Crippen molar-refractivity contribution < 1.29 is 13.3 Å². The van der Waals surface area contributed by atoms with E-state index < -0.39 is 0 Å². The molecule has 0 spiro atoms. The third kappa shape index (κ3) is 14.2. The van der Waals surface area contributed by atoms with Gasteiger partial charge in [-0.3, -0.25) is 0 Å². The van der Waals surface area contributed by atoms with Gasteiger partial charge >= 0.3 is 0 Å². The summed E-state index contributed by atoms with van der Waals surface area (Å²) in [6.45, 7) is 0. The second-order valence-electron chi connectivity index (χ2n) is 34.5. The Morgan fingerprint density at radius 3 is 1.09 bits per heavy atom. The lowest BCUT2D eigenvalue weighted by Gasteiger charge is -2.13. The fourth-order valence-corrected chi connectivity index (χ4v) is 20.0. The van der Waals surface area contributed by atoms with Gasteiger partial charge in [0.15, 0.2) is 29.1 Å². The molecule has 28 aromatic rings. The van der Waals surface area contributed by atoms with E-state index in [1.54, 1.807) is 0 Å². The van der Waals surface area contributed by atoms with Gasteiger partial charge in [0, 0.05) is 132 Å². The maximum Gasteiger partial charge on any atom is 0.164 e. The number of hydrogen-bond donors (Lipinski definition) is 0. The molecule has 0 atom stereocenters. The van der Waals surface area contributed by atoms with Gasteiger partial charge in [0.1, 0.15) is 33.5 Å². The summed E-state index contributed by atoms with van der Waals surface area (Å²) < 4.78 is 25.5. The predicted octanol–water partition coefficient (Wildman–Crippen LogP) is 32.5. The first-order valence-electron chi connectivity index (χ1n) is 46.2. The van der Waals surface area contributed by atoms with Crippen molar-refractivity contribution in [3.05, 3.63) is 473 Å². The Labute approximate surface area is 791 Å². The van der Waals surface area contributed by atoms with Gasteiger partial charge in [-0.25, -0.2) is 34.9 Å². The molecule has 138 heavy (non-hydrogen) atoms. The Morgan fingerprint density at radius 2 is 0.486 bits per heavy atom. The van der Waals surface area contributed by atoms with E-state index in [2.05, 4.69) is 359 Å². The largest absolute Gasteiger partial charge is 0.456 e. The van der Waals surface area contributed by atoms with Crippen LogP contribution in [0.15, 0.2) is 486 Å². The molecule has 13 nitrogen and oxygen atoms in total. The lowest BCUT2D eigenvalue weighted by atomic mass is 10.0. The van der Waals surface area contributed by atoms with Crippen LogP contribution in [0.4, 0.5) is 0 Å². The van der Waals surface area contributed by atoms with Crippen molar-refractivity contribution in [1.82, 2.24) is 48.6 Å². The Hall–Kier alpha value is -18.9. The third-order valence-corrected chi connectivity index (χ3v) is 26.3. The monoisotopic (exact) mass is 1770 g/mol. The van der Waals surface area contributed by atoms with Crippen LogP contribution in [0.3, 0.4) is 0 Å². The summed E-state index contributed by atoms with van der Waals surface area (Å²) in [6.07, 6.45) is 0. The van der Waals surface area contributed by atoms with Gasteiger partial charge in [-0.05, 0) is 151 Å². The van der Waals surface area contributed by atoms with Crippen LogP contribution in [0, 0.1) is 0 Å². The fraction of sp³-hybridized carbons (Fsp3) is 0. The van der Waals surface area contributed by atoms with Crippen molar-refractivity contribution in [2.45, 2.75) is 0 Å². The van der Waals surface area contributed by atoms with Crippen molar-refractivity contribution in [1.29, 1.82) is 0 Å². The average molecular weight is 1770 g/mol. The second kappa shape index (κ2) is 33.8. The van der Waals surface area contributed by atoms with Crippen LogP contribution in [0.2, 0.25) is 0 Å². The molecular formula is C125H78N10O3. The molecule has 9 aromatic heterocycles. The first kappa shape index (κ1) is 80.0. The van der Waals surface area contributed by atoms with E-state index in [-0.39, 0.29) is 0 Å². The standard InChI is InChI=1S/C46H29N3O.C40H25N3O.C39H24N4O/c1-3-12-30(13-4-1)31-22-24-32(25-23-31)46-47-40(33-26-27-44-39(28-33)36-17-8-10-21-43(36)50-44)29-41(48-46)38-19-11-18-37-35-16-7-9-20-42(35)49(45(37)38)34-14-5-2-6-15-34;1-3-12-26(13-4-1)40-41-33(25-34(42-40)31-18-11-21-38-39(31)32-17-8-10-20-37(32)44-38)27-22-23-30-29-16-7-9-19-35(29)43(36(30)24-27)28-14-5-2-6-15-28;1-3-12-25(13-4-1)37-40-38(26-22-23-35-31(24-26)28-16-8-10-21-34(28)44-35)42-39(41-37)30-18-11-20-33-36(30)29-17-7-9-19-32(29)43(33)27-14-5-2-6-15-27/h1-29H;1-25H;1-24H. The van der Waals surface area contributed by atoms with E-state index in [1.807, 2.05) is 127 Å². The van der Waals surface area contributed by atoms with E-state index in [9.17, 15) is 0 Å². The number of benzene rings is 19. The van der Waals surface area contributed by atoms with Gasteiger partial charge in [0.2, 0.25) is 0 Å². The number of furan rings is 3. The highest BCUT2D eigenvalue weighted by Crippen LogP contribution is 2.46. The SMILES string of the molecule is c1ccc(-c2ccc(-c3nc(-c4ccc5oc6ccccc6c5c4)cc(-c4cccc5c6ccccc6n(-c6ccccc6)c45)n3)cc2)cc1.c1ccc(-c2nc(-c3ccc4c5ccccc5n(-c5ccccc5)c4c3)cc(-c3cccc4oc5ccccc5c34)n2)cc1.c1ccc(-c2nc(-c3ccc4oc5ccccc5c4c3)nc(-c3cccc4c3c3ccccc3n4-c3ccccc3)n2)cc1. The quantitative estimate of drug-likeness (QED) is 0.109. The van der Waals surface area contributed by atoms with E-state index in [0.29, 0.717) is 29.1 Å². The van der Waals surface area contributed by atoms with Crippen molar-refractivity contribution in [2.24, 2.45) is 0 Å². The molecule has 0 N–H and O–H groups in total. The zero-order valence-corrected chi connectivity index (χ0v) is 74.2. The molecule has 646 valence electrons. The minimum Gasteiger partial charge on any atom is -0.456 e. The summed E-state index contributed by atoms with van der Waals surface area (Å²) >= 11 is 0. The molecule has 9 heterocycles. The van der Waals surface area contributed by atoms with Crippen LogP contribution in [0.1, 0.15) is 0 Å². The number of nitrogens with zero attached hydrogens (tertiary/aromatic N) is 10. The molecule has 0 aliphatic carbocycles. The topological polar surface area (TPSA) is 144 Å². The molecular weight excluding hydrogens is 1690 g/mol. The number of fused-ring (bicyclic) bond motifs is 18. The molecule has 0 bridgehead atoms. The fourth-order valence-electron chi connectivity index (χ4n) is 20.0. The Kier molecular flexibility index (Phi) is 19.6. The first-order valence-corrected chi connectivity index (χ1v) is 46.2. The minimum absolute atomic E-state index is 0.616. The van der Waals surface area contributed by atoms with Crippen molar-refractivity contribution in [2.75, 3.05) is 0 Å². The van der Waals surface area contributed by atoms with Crippen LogP contribution in [0.5, 0.6) is 0 Å². The van der Waals surface area contributed by atoms with Gasteiger partial charge in [-0.1, -0.05) is 334 Å². The molecule has 28 rings (SSSR count). The maximum absolute atomic E-state index is 6.23. The number of aromatic nitrogens is 10. The van der Waals surface area contributed by atoms with Crippen molar-refractivity contribution in [3.8, 4) is 130 Å². The zero-order valence-electron chi connectivity index (χ0n) is 74.2. The molecule has 0 saturated heterocycles. The second-order valence-corrected chi connectivity index (χ2v) is 34.5. The van der Waals surface area contributed by atoms with Crippen LogP contribution < -0.4 is 0 Å². The zero-order chi connectivity index (χ0) is 91.1. The summed E-state index contributed by atoms with van der Waals surface area (Å²) in [5.41, 5.74) is 29.9. The van der Waals surface area contributed by atoms with E-state index in [4.69, 9.17) is 48.1 Å². The summed E-state index contributed by atoms with van der Waals surface area (Å²) in [6, 6.07) is 164. The van der Waals surface area contributed by atoms with Crippen LogP contribution in [0.25, 0.3) is 261 Å². The molecule has 0 saturated carbocycles. The highest BCUT2D eigenvalue weighted by Gasteiger charge is 2.26. The van der Waals surface area contributed by atoms with Gasteiger partial charge in [-0.2, -0.15) is 0 Å². The lowest BCUT2D eigenvalue weighted by Crippen LogP contribution is -2.00. The molecule has 0 aliphatic heterocycles. The summed E-state index contributed by atoms with van der Waals surface area (Å²) in [4.78, 5) is 36.1. The van der Waals surface area contributed by atoms with Crippen LogP contribution in [-0.4, -0.2) is 48.6 Å². The minimum atomic E-state index is 0.616. The maximum atomic E-state index is 6.23. The van der Waals surface area contributed by atoms with Gasteiger partial charge in [0.25, 0.3) is 0 Å². The molecule has 0 amide bonds. The van der Waals surface area contributed by atoms with Crippen LogP contribution >= 0.6 is 0 Å². The predicted molar refractivity (Wildman–Crippen MR) is 563 cm³/mol. The smallest absolute Gasteiger partial charge is 0.164 e. The lowest BCUT2D eigenvalue weighted by molar-refractivity contribution is 0.668. The van der Waals surface area contributed by atoms with Gasteiger partial charge in [0.05, 0.1) is 55.9 Å². The summed E-state index contributed by atoms with van der Waals surface area (Å²) in [5, 5.41) is 13.5. The summed E-state index contributed by atoms with van der Waals surface area (Å²) in [5.74, 6) is 3.24.